The van der Waals surface area contributed by atoms with Gasteiger partial charge in [0.25, 0.3) is 0 Å². The second-order valence-electron chi connectivity index (χ2n) is 4.41. The summed E-state index contributed by atoms with van der Waals surface area (Å²) in [6, 6.07) is 10.3. The van der Waals surface area contributed by atoms with Gasteiger partial charge in [0, 0.05) is 31.3 Å². The molecule has 0 unspecified atom stereocenters. The highest BCUT2D eigenvalue weighted by molar-refractivity contribution is 5.93. The number of aryl methyl sites for hydroxylation is 1. The van der Waals surface area contributed by atoms with Crippen LogP contribution in [0.15, 0.2) is 47.1 Å². The van der Waals surface area contributed by atoms with Crippen LogP contribution >= 0.6 is 0 Å². The molecule has 6 nitrogen and oxygen atoms in total. The first-order valence-electron chi connectivity index (χ1n) is 6.58. The highest BCUT2D eigenvalue weighted by atomic mass is 16.3. The van der Waals surface area contributed by atoms with Crippen LogP contribution in [-0.2, 0) is 11.2 Å². The molecule has 1 heterocycles. The Morgan fingerprint density at radius 3 is 2.52 bits per heavy atom. The Labute approximate surface area is 122 Å². The maximum Gasteiger partial charge on any atom is 0.318 e. The summed E-state index contributed by atoms with van der Waals surface area (Å²) in [5, 5.41) is 7.89. The number of benzene rings is 1. The smallest absolute Gasteiger partial charge is 0.318 e. The predicted octanol–water partition coefficient (Wildman–Crippen LogP) is 2.60. The Balaban J connectivity index is 1.88. The van der Waals surface area contributed by atoms with Gasteiger partial charge >= 0.3 is 6.03 Å². The zero-order valence-corrected chi connectivity index (χ0v) is 11.7. The molecule has 0 bridgehead atoms. The van der Waals surface area contributed by atoms with Crippen LogP contribution in [0.1, 0.15) is 12.2 Å². The first kappa shape index (κ1) is 14.6. The lowest BCUT2D eigenvalue weighted by molar-refractivity contribution is -0.116. The number of carbonyl (C=O) groups is 2. The largest absolute Gasteiger partial charge is 0.469 e. The number of nitrogens with one attached hydrogen (secondary N) is 3. The van der Waals surface area contributed by atoms with Crippen LogP contribution in [0.5, 0.6) is 0 Å². The van der Waals surface area contributed by atoms with E-state index in [0.29, 0.717) is 24.2 Å². The molecule has 0 saturated carbocycles. The van der Waals surface area contributed by atoms with Crippen molar-refractivity contribution in [2.24, 2.45) is 0 Å². The molecule has 0 atom stereocenters. The fourth-order valence-electron chi connectivity index (χ4n) is 1.78. The third kappa shape index (κ3) is 4.68. The first-order valence-corrected chi connectivity index (χ1v) is 6.58. The van der Waals surface area contributed by atoms with E-state index in [1.54, 1.807) is 36.6 Å². The Bertz CT molecular complexity index is 608. The molecule has 1 aromatic carbocycles. The molecular weight excluding hydrogens is 270 g/mol. The van der Waals surface area contributed by atoms with Crippen molar-refractivity contribution in [2.75, 3.05) is 17.7 Å². The molecule has 0 radical (unpaired) electrons. The van der Waals surface area contributed by atoms with Crippen molar-refractivity contribution in [3.8, 4) is 0 Å². The number of hydrogen-bond donors (Lipinski definition) is 3. The highest BCUT2D eigenvalue weighted by Gasteiger charge is 2.06. The Hall–Kier alpha value is -2.76. The molecule has 110 valence electrons. The lowest BCUT2D eigenvalue weighted by Crippen LogP contribution is -2.24. The zero-order valence-electron chi connectivity index (χ0n) is 11.7. The molecule has 3 amide bonds. The van der Waals surface area contributed by atoms with Crippen molar-refractivity contribution >= 4 is 23.3 Å². The van der Waals surface area contributed by atoms with Gasteiger partial charge in [-0.1, -0.05) is 6.07 Å². The summed E-state index contributed by atoms with van der Waals surface area (Å²) in [4.78, 5) is 23.1. The summed E-state index contributed by atoms with van der Waals surface area (Å²) in [6.45, 7) is 0. The Kier molecular flexibility index (Phi) is 4.98. The summed E-state index contributed by atoms with van der Waals surface area (Å²) in [5.74, 6) is 0.670. The lowest BCUT2D eigenvalue weighted by Gasteiger charge is -2.08. The third-order valence-electron chi connectivity index (χ3n) is 2.81. The van der Waals surface area contributed by atoms with Crippen LogP contribution in [0.3, 0.4) is 0 Å². The van der Waals surface area contributed by atoms with E-state index in [0.717, 1.165) is 5.76 Å². The van der Waals surface area contributed by atoms with E-state index < -0.39 is 0 Å². The van der Waals surface area contributed by atoms with Gasteiger partial charge in [0.05, 0.1) is 6.26 Å². The standard InChI is InChI=1S/C15H17N3O3/c1-16-15(20)18-12-5-2-4-11(10-12)17-14(19)8-7-13-6-3-9-21-13/h2-6,9-10H,7-8H2,1H3,(H,17,19)(H2,16,18,20). The molecule has 21 heavy (non-hydrogen) atoms. The van der Waals surface area contributed by atoms with E-state index in [4.69, 9.17) is 4.42 Å². The van der Waals surface area contributed by atoms with E-state index in [9.17, 15) is 9.59 Å². The maximum absolute atomic E-state index is 11.8. The monoisotopic (exact) mass is 287 g/mol. The Morgan fingerprint density at radius 2 is 1.86 bits per heavy atom. The number of amides is 3. The minimum atomic E-state index is -0.309. The van der Waals surface area contributed by atoms with E-state index in [-0.39, 0.29) is 11.9 Å². The van der Waals surface area contributed by atoms with Crippen molar-refractivity contribution in [3.05, 3.63) is 48.4 Å². The molecule has 0 aliphatic carbocycles. The van der Waals surface area contributed by atoms with Crippen molar-refractivity contribution in [1.82, 2.24) is 5.32 Å². The van der Waals surface area contributed by atoms with Crippen LogP contribution in [-0.4, -0.2) is 19.0 Å². The summed E-state index contributed by atoms with van der Waals surface area (Å²) >= 11 is 0. The van der Waals surface area contributed by atoms with Crippen LogP contribution in [0.4, 0.5) is 16.2 Å². The topological polar surface area (TPSA) is 83.4 Å². The normalized spacial score (nSPS) is 9.95. The number of rotatable bonds is 5. The second-order valence-corrected chi connectivity index (χ2v) is 4.41. The molecule has 0 aliphatic rings. The van der Waals surface area contributed by atoms with E-state index in [1.165, 1.54) is 7.05 Å². The lowest BCUT2D eigenvalue weighted by atomic mass is 10.2. The molecule has 2 rings (SSSR count). The van der Waals surface area contributed by atoms with Crippen molar-refractivity contribution in [1.29, 1.82) is 0 Å². The fourth-order valence-corrected chi connectivity index (χ4v) is 1.78. The average molecular weight is 287 g/mol. The van der Waals surface area contributed by atoms with Gasteiger partial charge in [-0.05, 0) is 30.3 Å². The molecule has 6 heteroatoms. The number of urea groups is 1. The Morgan fingerprint density at radius 1 is 1.10 bits per heavy atom. The molecule has 1 aromatic heterocycles. The minimum absolute atomic E-state index is 0.108. The number of carbonyl (C=O) groups excluding carboxylic acids is 2. The highest BCUT2D eigenvalue weighted by Crippen LogP contribution is 2.15. The van der Waals surface area contributed by atoms with Gasteiger partial charge in [-0.25, -0.2) is 4.79 Å². The van der Waals surface area contributed by atoms with Crippen LogP contribution in [0.2, 0.25) is 0 Å². The molecule has 0 saturated heterocycles. The quantitative estimate of drug-likeness (QED) is 0.790. The van der Waals surface area contributed by atoms with Gasteiger partial charge in [-0.3, -0.25) is 4.79 Å². The summed E-state index contributed by atoms with van der Waals surface area (Å²) in [6.07, 6.45) is 2.47. The van der Waals surface area contributed by atoms with Crippen LogP contribution in [0.25, 0.3) is 0 Å². The molecular formula is C15H17N3O3. The van der Waals surface area contributed by atoms with Gasteiger partial charge in [0.1, 0.15) is 5.76 Å². The maximum atomic E-state index is 11.8. The second kappa shape index (κ2) is 7.14. The molecule has 0 aliphatic heterocycles. The number of hydrogen-bond acceptors (Lipinski definition) is 3. The van der Waals surface area contributed by atoms with Crippen molar-refractivity contribution in [3.63, 3.8) is 0 Å². The fraction of sp³-hybridized carbons (Fsp3) is 0.200. The van der Waals surface area contributed by atoms with Gasteiger partial charge in [0.15, 0.2) is 0 Å². The van der Waals surface area contributed by atoms with Gasteiger partial charge in [0.2, 0.25) is 5.91 Å². The van der Waals surface area contributed by atoms with Gasteiger partial charge < -0.3 is 20.4 Å². The van der Waals surface area contributed by atoms with E-state index in [2.05, 4.69) is 16.0 Å². The van der Waals surface area contributed by atoms with Crippen molar-refractivity contribution in [2.45, 2.75) is 12.8 Å². The summed E-state index contributed by atoms with van der Waals surface area (Å²) in [5.41, 5.74) is 1.24. The number of anilines is 2. The van der Waals surface area contributed by atoms with Gasteiger partial charge in [-0.2, -0.15) is 0 Å². The van der Waals surface area contributed by atoms with E-state index in [1.807, 2.05) is 6.07 Å². The van der Waals surface area contributed by atoms with Crippen molar-refractivity contribution < 1.29 is 14.0 Å². The number of furan rings is 1. The van der Waals surface area contributed by atoms with Gasteiger partial charge in [-0.15, -0.1) is 0 Å². The summed E-state index contributed by atoms with van der Waals surface area (Å²) in [7, 11) is 1.54. The molecule has 0 spiro atoms. The average Bonchev–Trinajstić information content (AvgIpc) is 2.98. The predicted molar refractivity (Wildman–Crippen MR) is 80.2 cm³/mol. The SMILES string of the molecule is CNC(=O)Nc1cccc(NC(=O)CCc2ccco2)c1. The zero-order chi connectivity index (χ0) is 15.1. The third-order valence-corrected chi connectivity index (χ3v) is 2.81. The van der Waals surface area contributed by atoms with Crippen LogP contribution < -0.4 is 16.0 Å². The minimum Gasteiger partial charge on any atom is -0.469 e. The molecule has 2 aromatic rings. The first-order chi connectivity index (χ1) is 10.2. The summed E-state index contributed by atoms with van der Waals surface area (Å²) < 4.78 is 5.17. The molecule has 3 N–H and O–H groups in total. The molecule has 0 fully saturated rings. The van der Waals surface area contributed by atoms with Crippen LogP contribution in [0, 0.1) is 0 Å². The van der Waals surface area contributed by atoms with E-state index >= 15 is 0 Å².